The van der Waals surface area contributed by atoms with E-state index < -0.39 is 17.4 Å². The average Bonchev–Trinajstić information content (AvgIpc) is 3.62. The third-order valence-corrected chi connectivity index (χ3v) is 10.2. The molecule has 3 N–H and O–H groups in total. The van der Waals surface area contributed by atoms with Crippen LogP contribution in [0, 0.1) is 0 Å². The van der Waals surface area contributed by atoms with Crippen LogP contribution in [-0.2, 0) is 30.9 Å². The lowest BCUT2D eigenvalue weighted by Crippen LogP contribution is -2.40. The summed E-state index contributed by atoms with van der Waals surface area (Å²) < 4.78 is 47.6. The number of benzene rings is 2. The number of carbonyl (C=O) groups is 1. The Morgan fingerprint density at radius 3 is 2.43 bits per heavy atom. The van der Waals surface area contributed by atoms with Crippen LogP contribution in [0.5, 0.6) is 5.88 Å². The molecule has 1 aliphatic heterocycles. The van der Waals surface area contributed by atoms with Crippen LogP contribution in [0.2, 0.25) is 10.0 Å². The summed E-state index contributed by atoms with van der Waals surface area (Å²) in [5.41, 5.74) is 3.18. The number of pyridine rings is 2. The maximum atomic E-state index is 13.7. The van der Waals surface area contributed by atoms with E-state index in [0.29, 0.717) is 39.3 Å². The summed E-state index contributed by atoms with van der Waals surface area (Å²) in [7, 11) is 4.93. The van der Waals surface area contributed by atoms with Crippen LogP contribution in [0.1, 0.15) is 48.9 Å². The molecule has 15 heteroatoms. The van der Waals surface area contributed by atoms with E-state index in [-0.39, 0.29) is 33.2 Å². The van der Waals surface area contributed by atoms with Crippen molar-refractivity contribution in [3.05, 3.63) is 91.9 Å². The number of hydrogen-bond acceptors (Lipinski definition) is 8. The number of ether oxygens (including phenoxy) is 1. The highest BCUT2D eigenvalue weighted by molar-refractivity contribution is 6.39. The van der Waals surface area contributed by atoms with E-state index in [1.165, 1.54) is 18.8 Å². The van der Waals surface area contributed by atoms with Crippen LogP contribution in [0.3, 0.4) is 0 Å². The van der Waals surface area contributed by atoms with Crippen LogP contribution >= 0.6 is 23.2 Å². The van der Waals surface area contributed by atoms with Crippen LogP contribution in [0.4, 0.5) is 24.7 Å². The Labute approximate surface area is 314 Å². The molecule has 1 aliphatic carbocycles. The Bertz CT molecular complexity index is 2230. The SMILES string of the molecule is CNCCC1CCCC(=O)N1.COc1nc(-c2cccc(-c3cccc(Nc4nc(C(F)(F)F)cc5cnn(C)c(=O)c45)c3Cl)c2Cl)cc2c1CCC2. The first-order valence-electron chi connectivity index (χ1n) is 17.2. The second-order valence-electron chi connectivity index (χ2n) is 12.9. The molecule has 0 bridgehead atoms. The normalized spacial score (nSPS) is 15.4. The van der Waals surface area contributed by atoms with Crippen molar-refractivity contribution >= 4 is 51.4 Å². The van der Waals surface area contributed by atoms with E-state index in [2.05, 4.69) is 26.0 Å². The van der Waals surface area contributed by atoms with Gasteiger partial charge >= 0.3 is 6.18 Å². The van der Waals surface area contributed by atoms with Crippen LogP contribution in [0.15, 0.2) is 59.5 Å². The van der Waals surface area contributed by atoms with Crippen molar-refractivity contribution in [2.75, 3.05) is 26.0 Å². The van der Waals surface area contributed by atoms with E-state index in [1.54, 1.807) is 31.4 Å². The number of nitrogens with zero attached hydrogens (tertiary/aromatic N) is 4. The standard InChI is InChI=1S/C30H22Cl2F3N5O2.C8H16N2O/c1-40-29(41)24-16(14-36-40)13-23(30(33,34)35)39-27(24)37-21-11-5-9-19(26(21)32)18-8-4-10-20(25(18)31)22-12-15-6-3-7-17(15)28(38-22)42-2;1-9-6-5-7-3-2-4-8(11)10-7/h4-5,8-14H,3,6-7H2,1-2H3,(H,37,39);7,9H,2-6H2,1H3,(H,10,11). The summed E-state index contributed by atoms with van der Waals surface area (Å²) in [6, 6.07) is 13.7. The van der Waals surface area contributed by atoms with E-state index in [9.17, 15) is 22.8 Å². The molecule has 1 saturated heterocycles. The number of hydrogen-bond donors (Lipinski definition) is 3. The van der Waals surface area contributed by atoms with Gasteiger partial charge in [0.15, 0.2) is 0 Å². The first-order valence-corrected chi connectivity index (χ1v) is 17.9. The maximum Gasteiger partial charge on any atom is 0.433 e. The fourth-order valence-electron chi connectivity index (χ4n) is 6.66. The zero-order valence-electron chi connectivity index (χ0n) is 29.3. The lowest BCUT2D eigenvalue weighted by Gasteiger charge is -2.22. The summed E-state index contributed by atoms with van der Waals surface area (Å²) in [5.74, 6) is 0.501. The second-order valence-corrected chi connectivity index (χ2v) is 13.7. The van der Waals surface area contributed by atoms with Crippen molar-refractivity contribution in [1.29, 1.82) is 0 Å². The van der Waals surface area contributed by atoms with Gasteiger partial charge in [0.25, 0.3) is 5.56 Å². The van der Waals surface area contributed by atoms with Crippen molar-refractivity contribution in [2.45, 2.75) is 57.2 Å². The molecule has 3 aromatic heterocycles. The van der Waals surface area contributed by atoms with Crippen molar-refractivity contribution in [2.24, 2.45) is 7.05 Å². The predicted molar refractivity (Wildman–Crippen MR) is 201 cm³/mol. The number of anilines is 2. The Morgan fingerprint density at radius 2 is 1.72 bits per heavy atom. The van der Waals surface area contributed by atoms with Crippen molar-refractivity contribution in [1.82, 2.24) is 30.4 Å². The predicted octanol–water partition coefficient (Wildman–Crippen LogP) is 7.89. The van der Waals surface area contributed by atoms with E-state index in [4.69, 9.17) is 32.9 Å². The van der Waals surface area contributed by atoms with Gasteiger partial charge in [0.1, 0.15) is 11.5 Å². The summed E-state index contributed by atoms with van der Waals surface area (Å²) in [6.45, 7) is 0.991. The number of rotatable bonds is 8. The Kier molecular flexibility index (Phi) is 11.6. The first kappa shape index (κ1) is 38.0. The van der Waals surface area contributed by atoms with Gasteiger partial charge in [-0.05, 0) is 75.9 Å². The Hall–Kier alpha value is -4.72. The molecule has 0 spiro atoms. The lowest BCUT2D eigenvalue weighted by atomic mass is 9.99. The van der Waals surface area contributed by atoms with Crippen LogP contribution in [-0.4, -0.2) is 52.4 Å². The number of amides is 1. The molecular weight excluding hydrogens is 730 g/mol. The number of aromatic nitrogens is 4. The molecular formula is C38H38Cl2F3N7O3. The number of halogens is 5. The van der Waals surface area contributed by atoms with Crippen LogP contribution < -0.4 is 26.2 Å². The summed E-state index contributed by atoms with van der Waals surface area (Å²) >= 11 is 13.8. The molecule has 7 rings (SSSR count). The second kappa shape index (κ2) is 16.1. The summed E-state index contributed by atoms with van der Waals surface area (Å²) in [5, 5.41) is 13.3. The molecule has 1 fully saturated rings. The van der Waals surface area contributed by atoms with Crippen LogP contribution in [0.25, 0.3) is 33.2 Å². The van der Waals surface area contributed by atoms with Gasteiger partial charge in [0.05, 0.1) is 40.1 Å². The molecule has 2 aliphatic rings. The van der Waals surface area contributed by atoms with Crippen molar-refractivity contribution in [3.8, 4) is 28.3 Å². The molecule has 2 aromatic carbocycles. The quantitative estimate of drug-likeness (QED) is 0.146. The van der Waals surface area contributed by atoms with Gasteiger partial charge in [-0.2, -0.15) is 18.3 Å². The molecule has 5 aromatic rings. The van der Waals surface area contributed by atoms with E-state index in [1.807, 2.05) is 25.2 Å². The van der Waals surface area contributed by atoms with Gasteiger partial charge in [-0.3, -0.25) is 9.59 Å². The van der Waals surface area contributed by atoms with Gasteiger partial charge in [-0.25, -0.2) is 14.6 Å². The fourth-order valence-corrected chi connectivity index (χ4v) is 7.26. The molecule has 0 radical (unpaired) electrons. The molecule has 1 unspecified atom stereocenters. The number of aryl methyl sites for hydroxylation is 2. The van der Waals surface area contributed by atoms with Gasteiger partial charge in [0, 0.05) is 47.2 Å². The first-order chi connectivity index (χ1) is 25.4. The Balaban J connectivity index is 0.000000376. The number of nitrogens with one attached hydrogen (secondary N) is 3. The third-order valence-electron chi connectivity index (χ3n) is 9.34. The highest BCUT2D eigenvalue weighted by Crippen LogP contribution is 2.43. The Morgan fingerprint density at radius 1 is 0.981 bits per heavy atom. The molecule has 0 saturated carbocycles. The molecule has 1 atom stereocenters. The summed E-state index contributed by atoms with van der Waals surface area (Å²) in [6.07, 6.45) is 3.28. The third kappa shape index (κ3) is 8.27. The molecule has 4 heterocycles. The van der Waals surface area contributed by atoms with Gasteiger partial charge in [-0.1, -0.05) is 53.5 Å². The van der Waals surface area contributed by atoms with Gasteiger partial charge in [0.2, 0.25) is 11.8 Å². The number of fused-ring (bicyclic) bond motifs is 2. The van der Waals surface area contributed by atoms with E-state index >= 15 is 0 Å². The lowest BCUT2D eigenvalue weighted by molar-refractivity contribution is -0.141. The van der Waals surface area contributed by atoms with Gasteiger partial charge in [-0.15, -0.1) is 0 Å². The fraction of sp³-hybridized carbons (Fsp3) is 0.342. The zero-order chi connectivity index (χ0) is 37.9. The number of alkyl halides is 3. The minimum absolute atomic E-state index is 0.0109. The van der Waals surface area contributed by atoms with Gasteiger partial charge < -0.3 is 20.7 Å². The number of methoxy groups -OCH3 is 1. The molecule has 1 amide bonds. The monoisotopic (exact) mass is 767 g/mol. The number of piperidine rings is 1. The molecule has 278 valence electrons. The van der Waals surface area contributed by atoms with Crippen molar-refractivity contribution < 1.29 is 22.7 Å². The highest BCUT2D eigenvalue weighted by Gasteiger charge is 2.34. The smallest absolute Gasteiger partial charge is 0.433 e. The average molecular weight is 769 g/mol. The number of carbonyl (C=O) groups excluding carboxylic acids is 1. The molecule has 10 nitrogen and oxygen atoms in total. The zero-order valence-corrected chi connectivity index (χ0v) is 30.8. The van der Waals surface area contributed by atoms with Crippen molar-refractivity contribution in [3.63, 3.8) is 0 Å². The largest absolute Gasteiger partial charge is 0.481 e. The highest BCUT2D eigenvalue weighted by atomic mass is 35.5. The maximum absolute atomic E-state index is 13.7. The summed E-state index contributed by atoms with van der Waals surface area (Å²) in [4.78, 5) is 32.2. The van der Waals surface area contributed by atoms with E-state index in [0.717, 1.165) is 67.8 Å². The minimum atomic E-state index is -4.75. The molecule has 53 heavy (non-hydrogen) atoms. The minimum Gasteiger partial charge on any atom is -0.481 e. The topological polar surface area (TPSA) is 123 Å².